The molecule has 2 aromatic heterocycles. The molecule has 0 saturated carbocycles. The Morgan fingerprint density at radius 3 is 1.80 bits per heavy atom. The van der Waals surface area contributed by atoms with Gasteiger partial charge in [-0.05, 0) is 50.5 Å². The van der Waals surface area contributed by atoms with Gasteiger partial charge in [-0.25, -0.2) is 0 Å². The maximum absolute atomic E-state index is 7.30. The van der Waals surface area contributed by atoms with Gasteiger partial charge in [0.2, 0.25) is 0 Å². The third kappa shape index (κ3) is 3.70. The van der Waals surface area contributed by atoms with Crippen molar-refractivity contribution in [2.24, 2.45) is 0 Å². The summed E-state index contributed by atoms with van der Waals surface area (Å²) in [4.78, 5) is 0. The van der Waals surface area contributed by atoms with E-state index >= 15 is 0 Å². The number of fused-ring (bicyclic) bond motifs is 6. The summed E-state index contributed by atoms with van der Waals surface area (Å²) < 4.78 is 19.0. The van der Waals surface area contributed by atoms with Gasteiger partial charge >= 0.3 is 0 Å². The highest BCUT2D eigenvalue weighted by Gasteiger charge is 2.46. The summed E-state index contributed by atoms with van der Waals surface area (Å²) in [5.41, 5.74) is 9.29. The zero-order valence-corrected chi connectivity index (χ0v) is 25.5. The first-order valence-electron chi connectivity index (χ1n) is 15.3. The number of para-hydroxylation sites is 2. The molecule has 4 aromatic carbocycles. The quantitative estimate of drug-likeness (QED) is 0.210. The zero-order chi connectivity index (χ0) is 30.0. The molecular formula is C40H34N2O2. The van der Waals surface area contributed by atoms with Gasteiger partial charge in [-0.1, -0.05) is 104 Å². The zero-order valence-electron chi connectivity index (χ0n) is 25.5. The van der Waals surface area contributed by atoms with E-state index in [1.807, 2.05) is 12.1 Å². The first-order chi connectivity index (χ1) is 21.5. The Hall–Kier alpha value is -5.22. The lowest BCUT2D eigenvalue weighted by Gasteiger charge is -2.41. The molecule has 0 fully saturated rings. The maximum Gasteiger partial charge on any atom is 0.174 e. The lowest BCUT2D eigenvalue weighted by Crippen LogP contribution is -2.36. The topological polar surface area (TPSA) is 28.3 Å². The van der Waals surface area contributed by atoms with Crippen LogP contribution in [0.3, 0.4) is 0 Å². The molecule has 44 heavy (non-hydrogen) atoms. The van der Waals surface area contributed by atoms with E-state index in [0.717, 1.165) is 57.3 Å². The van der Waals surface area contributed by atoms with Gasteiger partial charge in [-0.3, -0.25) is 0 Å². The van der Waals surface area contributed by atoms with Crippen molar-refractivity contribution >= 4 is 51.5 Å². The number of aryl methyl sites for hydroxylation is 2. The van der Waals surface area contributed by atoms with E-state index < -0.39 is 5.60 Å². The minimum atomic E-state index is -0.786. The highest BCUT2D eigenvalue weighted by molar-refractivity contribution is 5.97. The highest BCUT2D eigenvalue weighted by Crippen LogP contribution is 2.52. The molecule has 0 aliphatic carbocycles. The van der Waals surface area contributed by atoms with Gasteiger partial charge in [0.25, 0.3) is 0 Å². The van der Waals surface area contributed by atoms with Crippen LogP contribution < -0.4 is 0 Å². The van der Waals surface area contributed by atoms with Crippen molar-refractivity contribution in [3.05, 3.63) is 148 Å². The van der Waals surface area contributed by atoms with Crippen LogP contribution in [0.2, 0.25) is 0 Å². The average Bonchev–Trinajstić information content (AvgIpc) is 3.55. The fraction of sp³-hybridized carbons (Fsp3) is 0.150. The van der Waals surface area contributed by atoms with Gasteiger partial charge in [-0.15, -0.1) is 0 Å². The molecule has 4 nitrogen and oxygen atoms in total. The molecule has 2 aliphatic heterocycles. The molecule has 0 bridgehead atoms. The third-order valence-corrected chi connectivity index (χ3v) is 9.47. The summed E-state index contributed by atoms with van der Waals surface area (Å²) in [6, 6.07) is 38.0. The SMILES string of the molecule is CC[C@]1(/C(C)=C2\OC(c3ccccc3)=Cn3c2c(C)c2ccccc23)OC(c2ccccc2)=Cn2c1c(C)c1ccccc12. The van der Waals surface area contributed by atoms with Crippen LogP contribution in [-0.2, 0) is 15.1 Å². The summed E-state index contributed by atoms with van der Waals surface area (Å²) in [6.07, 6.45) is 5.01. The molecular weight excluding hydrogens is 540 g/mol. The molecule has 4 heterocycles. The minimum absolute atomic E-state index is 0.719. The van der Waals surface area contributed by atoms with E-state index in [9.17, 15) is 0 Å². The van der Waals surface area contributed by atoms with Crippen molar-refractivity contribution in [2.45, 2.75) is 39.7 Å². The fourth-order valence-corrected chi connectivity index (χ4v) is 7.25. The minimum Gasteiger partial charge on any atom is -0.474 e. The van der Waals surface area contributed by atoms with Gasteiger partial charge in [0.15, 0.2) is 17.1 Å². The summed E-state index contributed by atoms with van der Waals surface area (Å²) >= 11 is 0. The number of aromatic nitrogens is 2. The molecule has 0 radical (unpaired) electrons. The predicted octanol–water partition coefficient (Wildman–Crippen LogP) is 10.2. The first-order valence-corrected chi connectivity index (χ1v) is 15.3. The molecule has 0 spiro atoms. The van der Waals surface area contributed by atoms with Crippen LogP contribution in [0.15, 0.2) is 115 Å². The van der Waals surface area contributed by atoms with Crippen molar-refractivity contribution in [2.75, 3.05) is 0 Å². The van der Waals surface area contributed by atoms with E-state index in [1.54, 1.807) is 0 Å². The lowest BCUT2D eigenvalue weighted by atomic mass is 9.83. The fourth-order valence-electron chi connectivity index (χ4n) is 7.25. The van der Waals surface area contributed by atoms with E-state index in [4.69, 9.17) is 9.47 Å². The van der Waals surface area contributed by atoms with Gasteiger partial charge in [0.05, 0.1) is 34.8 Å². The molecule has 216 valence electrons. The van der Waals surface area contributed by atoms with Crippen molar-refractivity contribution in [1.29, 1.82) is 0 Å². The van der Waals surface area contributed by atoms with Crippen molar-refractivity contribution in [1.82, 2.24) is 9.13 Å². The van der Waals surface area contributed by atoms with Gasteiger partial charge in [0, 0.05) is 27.5 Å². The average molecular weight is 575 g/mol. The van der Waals surface area contributed by atoms with Crippen LogP contribution >= 0.6 is 0 Å². The van der Waals surface area contributed by atoms with Crippen LogP contribution in [0.4, 0.5) is 0 Å². The molecule has 4 heteroatoms. The van der Waals surface area contributed by atoms with Crippen molar-refractivity contribution in [3.63, 3.8) is 0 Å². The van der Waals surface area contributed by atoms with Crippen LogP contribution in [-0.4, -0.2) is 9.13 Å². The van der Waals surface area contributed by atoms with E-state index in [2.05, 4.69) is 146 Å². The number of ether oxygens (including phenoxy) is 2. The Morgan fingerprint density at radius 1 is 0.636 bits per heavy atom. The molecule has 1 atom stereocenters. The largest absolute Gasteiger partial charge is 0.474 e. The highest BCUT2D eigenvalue weighted by atomic mass is 16.5. The molecule has 0 amide bonds. The Morgan fingerprint density at radius 2 is 1.16 bits per heavy atom. The Labute approximate surface area is 257 Å². The van der Waals surface area contributed by atoms with Gasteiger partial charge in [-0.2, -0.15) is 0 Å². The van der Waals surface area contributed by atoms with Crippen LogP contribution in [0, 0.1) is 13.8 Å². The Kier molecular flexibility index (Phi) is 5.95. The number of rotatable bonds is 4. The van der Waals surface area contributed by atoms with Crippen LogP contribution in [0.25, 0.3) is 51.5 Å². The summed E-state index contributed by atoms with van der Waals surface area (Å²) in [5.74, 6) is 2.49. The standard InChI is InChI=1S/C40H34N2O2/c1-5-40(39-27(3)32-21-13-15-23-34(32)42(39)25-36(44-40)30-18-10-7-11-19-30)28(4)38-37-26(2)31-20-12-14-22-33(31)41(37)24-35(43-38)29-16-8-6-9-17-29/h6-25H,5H2,1-4H3/b38-28-/t40-/m1/s1. The molecule has 2 aliphatic rings. The summed E-state index contributed by atoms with van der Waals surface area (Å²) in [7, 11) is 0. The maximum atomic E-state index is 7.30. The predicted molar refractivity (Wildman–Crippen MR) is 181 cm³/mol. The van der Waals surface area contributed by atoms with E-state index in [-0.39, 0.29) is 0 Å². The number of benzene rings is 4. The van der Waals surface area contributed by atoms with Crippen LogP contribution in [0.1, 0.15) is 53.9 Å². The molecule has 0 unspecified atom stereocenters. The van der Waals surface area contributed by atoms with E-state index in [1.165, 1.54) is 27.4 Å². The lowest BCUT2D eigenvalue weighted by molar-refractivity contribution is 0.0573. The second-order valence-electron chi connectivity index (χ2n) is 11.8. The van der Waals surface area contributed by atoms with Crippen LogP contribution in [0.5, 0.6) is 0 Å². The summed E-state index contributed by atoms with van der Waals surface area (Å²) in [6.45, 7) is 8.84. The van der Waals surface area contributed by atoms with E-state index in [0.29, 0.717) is 0 Å². The number of hydrogen-bond acceptors (Lipinski definition) is 2. The number of hydrogen-bond donors (Lipinski definition) is 0. The third-order valence-electron chi connectivity index (χ3n) is 9.47. The summed E-state index contributed by atoms with van der Waals surface area (Å²) in [5, 5.41) is 2.44. The monoisotopic (exact) mass is 574 g/mol. The van der Waals surface area contributed by atoms with Crippen molar-refractivity contribution in [3.8, 4) is 0 Å². The molecule has 0 N–H and O–H groups in total. The first kappa shape index (κ1) is 26.4. The molecule has 6 aromatic rings. The Balaban J connectivity index is 1.45. The van der Waals surface area contributed by atoms with Crippen molar-refractivity contribution < 1.29 is 9.47 Å². The smallest absolute Gasteiger partial charge is 0.174 e. The normalized spacial score (nSPS) is 18.6. The van der Waals surface area contributed by atoms with Gasteiger partial charge in [0.1, 0.15) is 5.76 Å². The second-order valence-corrected chi connectivity index (χ2v) is 11.8. The molecule has 0 saturated heterocycles. The number of nitrogens with zero attached hydrogens (tertiary/aromatic N) is 2. The second kappa shape index (κ2) is 9.92. The molecule has 8 rings (SSSR count). The van der Waals surface area contributed by atoms with Gasteiger partial charge < -0.3 is 18.6 Å². The Bertz CT molecular complexity index is 2180.